The fourth-order valence-corrected chi connectivity index (χ4v) is 4.96. The lowest BCUT2D eigenvalue weighted by Crippen LogP contribution is -2.60. The molecule has 0 amide bonds. The third-order valence-corrected chi connectivity index (χ3v) is 6.22. The van der Waals surface area contributed by atoms with Gasteiger partial charge in [-0.25, -0.2) is 0 Å². The highest BCUT2D eigenvalue weighted by Crippen LogP contribution is 2.41. The van der Waals surface area contributed by atoms with Gasteiger partial charge in [0.2, 0.25) is 0 Å². The fourth-order valence-electron chi connectivity index (χ4n) is 4.96. The first kappa shape index (κ1) is 13.8. The van der Waals surface area contributed by atoms with Gasteiger partial charge < -0.3 is 5.73 Å². The minimum Gasteiger partial charge on any atom is -0.329 e. The Hall–Kier alpha value is -0.120. The van der Waals surface area contributed by atoms with Crippen LogP contribution in [-0.4, -0.2) is 54.1 Å². The zero-order chi connectivity index (χ0) is 13.3. The predicted molar refractivity (Wildman–Crippen MR) is 80.2 cm³/mol. The highest BCUT2D eigenvalue weighted by molar-refractivity contribution is 5.10. The van der Waals surface area contributed by atoms with Gasteiger partial charge in [-0.1, -0.05) is 13.3 Å². The molecular formula is C16H31N3. The Morgan fingerprint density at radius 3 is 2.68 bits per heavy atom. The summed E-state index contributed by atoms with van der Waals surface area (Å²) in [5, 5.41) is 0. The van der Waals surface area contributed by atoms with Gasteiger partial charge in [0, 0.05) is 24.7 Å². The van der Waals surface area contributed by atoms with Crippen LogP contribution >= 0.6 is 0 Å². The van der Waals surface area contributed by atoms with Crippen LogP contribution in [0.3, 0.4) is 0 Å². The van der Waals surface area contributed by atoms with E-state index in [4.69, 9.17) is 5.73 Å². The van der Waals surface area contributed by atoms with Gasteiger partial charge in [-0.3, -0.25) is 9.80 Å². The van der Waals surface area contributed by atoms with Crippen molar-refractivity contribution in [1.82, 2.24) is 9.80 Å². The number of hydrogen-bond donors (Lipinski definition) is 1. The maximum atomic E-state index is 6.31. The van der Waals surface area contributed by atoms with Crippen LogP contribution in [-0.2, 0) is 0 Å². The van der Waals surface area contributed by atoms with Crippen molar-refractivity contribution in [3.8, 4) is 0 Å². The summed E-state index contributed by atoms with van der Waals surface area (Å²) in [5.74, 6) is 0.959. The van der Waals surface area contributed by atoms with E-state index < -0.39 is 0 Å². The minimum absolute atomic E-state index is 0.319. The van der Waals surface area contributed by atoms with E-state index in [1.165, 1.54) is 71.1 Å². The van der Waals surface area contributed by atoms with Gasteiger partial charge in [0.05, 0.1) is 0 Å². The summed E-state index contributed by atoms with van der Waals surface area (Å²) in [6.07, 6.45) is 9.65. The zero-order valence-electron chi connectivity index (χ0n) is 12.6. The topological polar surface area (TPSA) is 32.5 Å². The molecule has 3 heteroatoms. The van der Waals surface area contributed by atoms with Crippen molar-refractivity contribution in [2.75, 3.05) is 32.7 Å². The molecule has 3 rings (SSSR count). The van der Waals surface area contributed by atoms with Crippen molar-refractivity contribution in [3.05, 3.63) is 0 Å². The second-order valence-corrected chi connectivity index (χ2v) is 6.94. The van der Waals surface area contributed by atoms with Crippen molar-refractivity contribution < 1.29 is 0 Å². The van der Waals surface area contributed by atoms with Crippen molar-refractivity contribution in [3.63, 3.8) is 0 Å². The molecule has 0 aromatic heterocycles. The molecule has 3 heterocycles. The van der Waals surface area contributed by atoms with Gasteiger partial charge in [-0.05, 0) is 64.1 Å². The zero-order valence-corrected chi connectivity index (χ0v) is 12.6. The third kappa shape index (κ3) is 2.34. The van der Waals surface area contributed by atoms with Crippen molar-refractivity contribution in [2.45, 2.75) is 63.5 Å². The van der Waals surface area contributed by atoms with E-state index in [9.17, 15) is 0 Å². The summed E-state index contributed by atoms with van der Waals surface area (Å²) in [4.78, 5) is 5.52. The van der Waals surface area contributed by atoms with Crippen LogP contribution in [0.4, 0.5) is 0 Å². The van der Waals surface area contributed by atoms with Crippen molar-refractivity contribution in [2.24, 2.45) is 11.7 Å². The molecule has 3 fully saturated rings. The fraction of sp³-hybridized carbons (Fsp3) is 1.00. The summed E-state index contributed by atoms with van der Waals surface area (Å²) in [5.41, 5.74) is 6.62. The SMILES string of the molecule is CCC1CCCN(C2(CN)CCN3CCCC32)CC1. The number of nitrogens with zero attached hydrogens (tertiary/aromatic N) is 2. The molecule has 3 saturated heterocycles. The predicted octanol–water partition coefficient (Wildman–Crippen LogP) is 2.06. The van der Waals surface area contributed by atoms with Crippen LogP contribution < -0.4 is 5.73 Å². The molecule has 0 saturated carbocycles. The highest BCUT2D eigenvalue weighted by Gasteiger charge is 2.51. The summed E-state index contributed by atoms with van der Waals surface area (Å²) < 4.78 is 0. The van der Waals surface area contributed by atoms with Gasteiger partial charge in [0.25, 0.3) is 0 Å². The minimum atomic E-state index is 0.319. The van der Waals surface area contributed by atoms with E-state index in [1.807, 2.05) is 0 Å². The van der Waals surface area contributed by atoms with Crippen molar-refractivity contribution >= 4 is 0 Å². The van der Waals surface area contributed by atoms with E-state index in [1.54, 1.807) is 0 Å². The lowest BCUT2D eigenvalue weighted by Gasteiger charge is -2.44. The average Bonchev–Trinajstić information content (AvgIpc) is 2.94. The molecule has 110 valence electrons. The molecular weight excluding hydrogens is 234 g/mol. The lowest BCUT2D eigenvalue weighted by molar-refractivity contribution is 0.0673. The van der Waals surface area contributed by atoms with E-state index in [0.29, 0.717) is 5.54 Å². The summed E-state index contributed by atoms with van der Waals surface area (Å²) in [6.45, 7) is 8.41. The Kier molecular flexibility index (Phi) is 4.16. The number of fused-ring (bicyclic) bond motifs is 1. The Morgan fingerprint density at radius 2 is 1.89 bits per heavy atom. The molecule has 3 unspecified atom stereocenters. The van der Waals surface area contributed by atoms with Crippen LogP contribution in [0, 0.1) is 5.92 Å². The molecule has 3 nitrogen and oxygen atoms in total. The first-order chi connectivity index (χ1) is 9.30. The van der Waals surface area contributed by atoms with Crippen LogP contribution in [0.15, 0.2) is 0 Å². The molecule has 2 N–H and O–H groups in total. The smallest absolute Gasteiger partial charge is 0.0498 e. The molecule has 0 aromatic rings. The quantitative estimate of drug-likeness (QED) is 0.848. The number of rotatable bonds is 3. The van der Waals surface area contributed by atoms with Crippen molar-refractivity contribution in [1.29, 1.82) is 0 Å². The van der Waals surface area contributed by atoms with E-state index in [2.05, 4.69) is 16.7 Å². The molecule has 0 bridgehead atoms. The van der Waals surface area contributed by atoms with Gasteiger partial charge in [-0.15, -0.1) is 0 Å². The van der Waals surface area contributed by atoms with E-state index in [-0.39, 0.29) is 0 Å². The van der Waals surface area contributed by atoms with E-state index >= 15 is 0 Å². The second-order valence-electron chi connectivity index (χ2n) is 6.94. The Morgan fingerprint density at radius 1 is 1.05 bits per heavy atom. The molecule has 3 aliphatic heterocycles. The molecule has 0 aromatic carbocycles. The van der Waals surface area contributed by atoms with Crippen LogP contribution in [0.25, 0.3) is 0 Å². The molecule has 0 radical (unpaired) electrons. The highest BCUT2D eigenvalue weighted by atomic mass is 15.3. The Bertz CT molecular complexity index is 306. The summed E-state index contributed by atoms with van der Waals surface area (Å²) >= 11 is 0. The van der Waals surface area contributed by atoms with Crippen LogP contribution in [0.5, 0.6) is 0 Å². The summed E-state index contributed by atoms with van der Waals surface area (Å²) in [6, 6.07) is 0.760. The van der Waals surface area contributed by atoms with Gasteiger partial charge in [0.1, 0.15) is 0 Å². The van der Waals surface area contributed by atoms with Gasteiger partial charge >= 0.3 is 0 Å². The maximum absolute atomic E-state index is 6.31. The average molecular weight is 265 g/mol. The third-order valence-electron chi connectivity index (χ3n) is 6.22. The first-order valence-corrected chi connectivity index (χ1v) is 8.49. The Balaban J connectivity index is 1.74. The van der Waals surface area contributed by atoms with Crippen LogP contribution in [0.2, 0.25) is 0 Å². The molecule has 0 aliphatic carbocycles. The van der Waals surface area contributed by atoms with Gasteiger partial charge in [-0.2, -0.15) is 0 Å². The molecule has 0 spiro atoms. The normalized spacial score (nSPS) is 41.4. The summed E-state index contributed by atoms with van der Waals surface area (Å²) in [7, 11) is 0. The molecule has 3 atom stereocenters. The number of hydrogen-bond acceptors (Lipinski definition) is 3. The number of nitrogens with two attached hydrogens (primary N) is 1. The maximum Gasteiger partial charge on any atom is 0.0498 e. The van der Waals surface area contributed by atoms with E-state index in [0.717, 1.165) is 18.5 Å². The first-order valence-electron chi connectivity index (χ1n) is 8.49. The molecule has 3 aliphatic rings. The van der Waals surface area contributed by atoms with Gasteiger partial charge in [0.15, 0.2) is 0 Å². The lowest BCUT2D eigenvalue weighted by atomic mass is 9.86. The van der Waals surface area contributed by atoms with Crippen LogP contribution in [0.1, 0.15) is 51.9 Å². The number of likely N-dealkylation sites (tertiary alicyclic amines) is 1. The monoisotopic (exact) mass is 265 g/mol. The largest absolute Gasteiger partial charge is 0.329 e. The Labute approximate surface area is 118 Å². The standard InChI is InChI=1S/C16H31N3/c1-2-14-5-3-10-19(11-7-14)16(13-17)8-12-18-9-4-6-15(16)18/h14-15H,2-13,17H2,1H3. The molecule has 19 heavy (non-hydrogen) atoms. The second kappa shape index (κ2) is 5.71.